The Balaban J connectivity index is 2.26. The lowest BCUT2D eigenvalue weighted by Gasteiger charge is -2.35. The standard InChI is InChI=1S/C13H23N/c1-5-6-11(2)14-12-7-9-13(3,4)10-8-12/h1,11-12,14H,6-10H2,2-4H3. The van der Waals surface area contributed by atoms with Gasteiger partial charge in [0.2, 0.25) is 0 Å². The van der Waals surface area contributed by atoms with Crippen LogP contribution in [0.15, 0.2) is 0 Å². The Morgan fingerprint density at radius 2 is 2.00 bits per heavy atom. The van der Waals surface area contributed by atoms with Crippen LogP contribution >= 0.6 is 0 Å². The zero-order valence-electron chi connectivity index (χ0n) is 9.77. The van der Waals surface area contributed by atoms with Crippen LogP contribution < -0.4 is 5.32 Å². The van der Waals surface area contributed by atoms with E-state index < -0.39 is 0 Å². The molecule has 1 saturated carbocycles. The molecule has 14 heavy (non-hydrogen) atoms. The van der Waals surface area contributed by atoms with E-state index in [1.54, 1.807) is 0 Å². The summed E-state index contributed by atoms with van der Waals surface area (Å²) in [6.45, 7) is 6.92. The molecule has 1 aliphatic carbocycles. The lowest BCUT2D eigenvalue weighted by molar-refractivity contribution is 0.200. The fourth-order valence-corrected chi connectivity index (χ4v) is 2.20. The smallest absolute Gasteiger partial charge is 0.0238 e. The van der Waals surface area contributed by atoms with Crippen LogP contribution in [0.5, 0.6) is 0 Å². The third kappa shape index (κ3) is 3.72. The molecule has 1 nitrogen and oxygen atoms in total. The molecular formula is C13H23N. The van der Waals surface area contributed by atoms with Crippen LogP contribution in [0, 0.1) is 17.8 Å². The van der Waals surface area contributed by atoms with E-state index in [2.05, 4.69) is 32.0 Å². The van der Waals surface area contributed by atoms with Gasteiger partial charge in [-0.05, 0) is 38.0 Å². The third-order valence-electron chi connectivity index (χ3n) is 3.28. The predicted octanol–water partition coefficient (Wildman–Crippen LogP) is 2.96. The van der Waals surface area contributed by atoms with Crippen molar-refractivity contribution < 1.29 is 0 Å². The third-order valence-corrected chi connectivity index (χ3v) is 3.28. The van der Waals surface area contributed by atoms with Crippen LogP contribution in [0.25, 0.3) is 0 Å². The molecule has 0 spiro atoms. The molecule has 0 aromatic heterocycles. The van der Waals surface area contributed by atoms with Crippen molar-refractivity contribution in [1.82, 2.24) is 5.32 Å². The number of terminal acetylenes is 1. The summed E-state index contributed by atoms with van der Waals surface area (Å²) < 4.78 is 0. The number of hydrogen-bond acceptors (Lipinski definition) is 1. The van der Waals surface area contributed by atoms with E-state index in [0.717, 1.165) is 6.42 Å². The summed E-state index contributed by atoms with van der Waals surface area (Å²) >= 11 is 0. The molecule has 80 valence electrons. The van der Waals surface area contributed by atoms with E-state index in [-0.39, 0.29) is 0 Å². The highest BCUT2D eigenvalue weighted by Gasteiger charge is 2.26. The largest absolute Gasteiger partial charge is 0.311 e. The van der Waals surface area contributed by atoms with E-state index in [1.807, 2.05) is 0 Å². The Labute approximate surface area is 88.7 Å². The summed E-state index contributed by atoms with van der Waals surface area (Å²) in [6, 6.07) is 1.18. The first-order chi connectivity index (χ1) is 6.53. The molecule has 0 saturated heterocycles. The van der Waals surface area contributed by atoms with Gasteiger partial charge >= 0.3 is 0 Å². The molecule has 1 atom stereocenters. The van der Waals surface area contributed by atoms with Gasteiger partial charge < -0.3 is 5.32 Å². The van der Waals surface area contributed by atoms with Crippen LogP contribution in [-0.4, -0.2) is 12.1 Å². The highest BCUT2D eigenvalue weighted by Crippen LogP contribution is 2.35. The van der Waals surface area contributed by atoms with Crippen LogP contribution in [-0.2, 0) is 0 Å². The predicted molar refractivity (Wildman–Crippen MR) is 62.1 cm³/mol. The normalized spacial score (nSPS) is 24.1. The Hall–Kier alpha value is -0.480. The minimum atomic E-state index is 0.478. The van der Waals surface area contributed by atoms with Gasteiger partial charge in [0.25, 0.3) is 0 Å². The summed E-state index contributed by atoms with van der Waals surface area (Å²) in [4.78, 5) is 0. The van der Waals surface area contributed by atoms with Crippen LogP contribution in [0.3, 0.4) is 0 Å². The highest BCUT2D eigenvalue weighted by molar-refractivity contribution is 4.90. The van der Waals surface area contributed by atoms with E-state index >= 15 is 0 Å². The fraction of sp³-hybridized carbons (Fsp3) is 0.846. The van der Waals surface area contributed by atoms with Crippen molar-refractivity contribution in [2.45, 2.75) is 65.0 Å². The molecule has 0 aliphatic heterocycles. The maximum Gasteiger partial charge on any atom is 0.0238 e. The van der Waals surface area contributed by atoms with Crippen molar-refractivity contribution in [2.75, 3.05) is 0 Å². The summed E-state index contributed by atoms with van der Waals surface area (Å²) in [5.41, 5.74) is 0.563. The maximum atomic E-state index is 5.29. The Kier molecular flexibility index (Phi) is 4.01. The van der Waals surface area contributed by atoms with Crippen LogP contribution in [0.1, 0.15) is 52.9 Å². The molecule has 1 heteroatoms. The van der Waals surface area contributed by atoms with Crippen LogP contribution in [0.2, 0.25) is 0 Å². The Bertz CT molecular complexity index is 202. The first kappa shape index (κ1) is 11.6. The summed E-state index contributed by atoms with van der Waals surface area (Å²) in [5, 5.41) is 3.62. The first-order valence-corrected chi connectivity index (χ1v) is 5.73. The van der Waals surface area contributed by atoms with Crippen molar-refractivity contribution in [3.8, 4) is 12.3 Å². The van der Waals surface area contributed by atoms with E-state index in [4.69, 9.17) is 6.42 Å². The summed E-state index contributed by atoms with van der Waals surface area (Å²) in [6.07, 6.45) is 11.4. The maximum absolute atomic E-state index is 5.29. The van der Waals surface area contributed by atoms with E-state index in [9.17, 15) is 0 Å². The minimum Gasteiger partial charge on any atom is -0.311 e. The number of hydrogen-bond donors (Lipinski definition) is 1. The number of nitrogens with one attached hydrogen (secondary N) is 1. The lowest BCUT2D eigenvalue weighted by atomic mass is 9.75. The van der Waals surface area contributed by atoms with Crippen LogP contribution in [0.4, 0.5) is 0 Å². The van der Waals surface area contributed by atoms with Crippen molar-refractivity contribution in [2.24, 2.45) is 5.41 Å². The molecule has 0 aromatic rings. The zero-order chi connectivity index (χ0) is 10.6. The lowest BCUT2D eigenvalue weighted by Crippen LogP contribution is -2.40. The average molecular weight is 193 g/mol. The van der Waals surface area contributed by atoms with E-state index in [1.165, 1.54) is 25.7 Å². The summed E-state index contributed by atoms with van der Waals surface area (Å²) in [5.74, 6) is 2.71. The van der Waals surface area contributed by atoms with Gasteiger partial charge in [-0.2, -0.15) is 0 Å². The number of rotatable bonds is 3. The van der Waals surface area contributed by atoms with Crippen molar-refractivity contribution in [3.63, 3.8) is 0 Å². The quantitative estimate of drug-likeness (QED) is 0.680. The highest BCUT2D eigenvalue weighted by atomic mass is 14.9. The van der Waals surface area contributed by atoms with Gasteiger partial charge in [-0.1, -0.05) is 13.8 Å². The monoisotopic (exact) mass is 193 g/mol. The van der Waals surface area contributed by atoms with Gasteiger partial charge in [-0.3, -0.25) is 0 Å². The molecule has 1 aliphatic rings. The molecule has 0 heterocycles. The van der Waals surface area contributed by atoms with Gasteiger partial charge in [-0.25, -0.2) is 0 Å². The second-order valence-corrected chi connectivity index (χ2v) is 5.41. The molecule has 1 rings (SSSR count). The zero-order valence-corrected chi connectivity index (χ0v) is 9.77. The Morgan fingerprint density at radius 3 is 2.50 bits per heavy atom. The molecule has 1 N–H and O–H groups in total. The van der Waals surface area contributed by atoms with Gasteiger partial charge in [-0.15, -0.1) is 12.3 Å². The second kappa shape index (κ2) is 4.84. The van der Waals surface area contributed by atoms with Gasteiger partial charge in [0, 0.05) is 18.5 Å². The van der Waals surface area contributed by atoms with E-state index in [0.29, 0.717) is 17.5 Å². The topological polar surface area (TPSA) is 12.0 Å². The molecule has 1 unspecified atom stereocenters. The average Bonchev–Trinajstić information content (AvgIpc) is 2.09. The van der Waals surface area contributed by atoms with Crippen molar-refractivity contribution in [3.05, 3.63) is 0 Å². The van der Waals surface area contributed by atoms with Crippen molar-refractivity contribution >= 4 is 0 Å². The van der Waals surface area contributed by atoms with Gasteiger partial charge in [0.15, 0.2) is 0 Å². The van der Waals surface area contributed by atoms with Gasteiger partial charge in [0.1, 0.15) is 0 Å². The fourth-order valence-electron chi connectivity index (χ4n) is 2.20. The molecule has 0 bridgehead atoms. The second-order valence-electron chi connectivity index (χ2n) is 5.41. The SMILES string of the molecule is C#CCC(C)NC1CCC(C)(C)CC1. The first-order valence-electron chi connectivity index (χ1n) is 5.73. The van der Waals surface area contributed by atoms with Gasteiger partial charge in [0.05, 0.1) is 0 Å². The Morgan fingerprint density at radius 1 is 1.43 bits per heavy atom. The molecule has 0 radical (unpaired) electrons. The minimum absolute atomic E-state index is 0.478. The molecule has 0 amide bonds. The molecule has 0 aromatic carbocycles. The molecule has 1 fully saturated rings. The molecular weight excluding hydrogens is 170 g/mol. The van der Waals surface area contributed by atoms with Crippen molar-refractivity contribution in [1.29, 1.82) is 0 Å². The summed E-state index contributed by atoms with van der Waals surface area (Å²) in [7, 11) is 0.